The van der Waals surface area contributed by atoms with Gasteiger partial charge in [-0.15, -0.1) is 0 Å². The summed E-state index contributed by atoms with van der Waals surface area (Å²) in [7, 11) is 0. The third kappa shape index (κ3) is 3.62. The highest BCUT2D eigenvalue weighted by atomic mass is 19.1. The van der Waals surface area contributed by atoms with Crippen LogP contribution in [0.3, 0.4) is 0 Å². The molecule has 0 aliphatic carbocycles. The quantitative estimate of drug-likeness (QED) is 0.325. The largest absolute Gasteiger partial charge is 0.337 e. The third-order valence-corrected chi connectivity index (χ3v) is 5.15. The zero-order valence-corrected chi connectivity index (χ0v) is 17.1. The summed E-state index contributed by atoms with van der Waals surface area (Å²) in [4.78, 5) is 40.1. The molecule has 0 saturated carbocycles. The molecule has 0 unspecified atom stereocenters. The third-order valence-electron chi connectivity index (χ3n) is 5.15. The molecule has 0 saturated heterocycles. The Morgan fingerprint density at radius 3 is 2.22 bits per heavy atom. The van der Waals surface area contributed by atoms with Crippen molar-refractivity contribution in [3.63, 3.8) is 0 Å². The van der Waals surface area contributed by atoms with Crippen molar-refractivity contribution in [3.8, 4) is 0 Å². The Kier molecular flexibility index (Phi) is 5.51. The number of rotatable bonds is 6. The van der Waals surface area contributed by atoms with Crippen LogP contribution >= 0.6 is 0 Å². The van der Waals surface area contributed by atoms with Gasteiger partial charge >= 0.3 is 0 Å². The van der Waals surface area contributed by atoms with E-state index in [0.717, 1.165) is 11.0 Å². The molecular weight excluding hydrogens is 413 g/mol. The normalized spacial score (nSPS) is 13.6. The number of nitrogens with zero attached hydrogens (tertiary/aromatic N) is 3. The number of para-hydroxylation sites is 1. The van der Waals surface area contributed by atoms with Crippen LogP contribution in [0.4, 0.5) is 21.5 Å². The molecule has 2 amide bonds. The van der Waals surface area contributed by atoms with E-state index in [1.807, 2.05) is 37.3 Å². The van der Waals surface area contributed by atoms with Gasteiger partial charge in [-0.2, -0.15) is 0 Å². The van der Waals surface area contributed by atoms with Crippen LogP contribution < -0.4 is 9.80 Å². The molecule has 3 aromatic rings. The molecule has 0 fully saturated rings. The van der Waals surface area contributed by atoms with E-state index in [1.165, 1.54) is 42.5 Å². The number of anilines is 2. The Labute approximate surface area is 183 Å². The average Bonchev–Trinajstić information content (AvgIpc) is 3.05. The van der Waals surface area contributed by atoms with E-state index < -0.39 is 22.6 Å². The zero-order chi connectivity index (χ0) is 22.8. The highest BCUT2D eigenvalue weighted by Crippen LogP contribution is 2.37. The van der Waals surface area contributed by atoms with Gasteiger partial charge in [0, 0.05) is 24.4 Å². The first-order valence-electron chi connectivity index (χ1n) is 9.88. The van der Waals surface area contributed by atoms with Gasteiger partial charge in [-0.3, -0.25) is 19.7 Å². The lowest BCUT2D eigenvalue weighted by molar-refractivity contribution is -0.384. The molecule has 0 spiro atoms. The number of amides is 2. The average molecular weight is 431 g/mol. The summed E-state index contributed by atoms with van der Waals surface area (Å²) in [5.74, 6) is -1.80. The molecule has 3 aromatic carbocycles. The minimum atomic E-state index is -0.626. The molecule has 0 atom stereocenters. The Morgan fingerprint density at radius 1 is 0.938 bits per heavy atom. The van der Waals surface area contributed by atoms with Crippen molar-refractivity contribution in [1.82, 2.24) is 0 Å². The number of carbonyl (C=O) groups excluding carboxylic acids is 2. The van der Waals surface area contributed by atoms with E-state index in [4.69, 9.17) is 0 Å². The van der Waals surface area contributed by atoms with Crippen LogP contribution in [0.15, 0.2) is 84.6 Å². The number of non-ortho nitro benzene ring substituents is 1. The lowest BCUT2D eigenvalue weighted by Gasteiger charge is -2.25. The summed E-state index contributed by atoms with van der Waals surface area (Å²) in [6.45, 7) is 2.22. The summed E-state index contributed by atoms with van der Waals surface area (Å²) >= 11 is 0. The number of nitro benzene ring substituents is 1. The second kappa shape index (κ2) is 8.43. The van der Waals surface area contributed by atoms with Gasteiger partial charge in [0.05, 0.1) is 16.2 Å². The number of hydrogen-bond donors (Lipinski definition) is 0. The van der Waals surface area contributed by atoms with Crippen molar-refractivity contribution in [2.24, 2.45) is 0 Å². The van der Waals surface area contributed by atoms with E-state index in [-0.39, 0.29) is 22.6 Å². The van der Waals surface area contributed by atoms with Crippen LogP contribution in [0, 0.1) is 15.9 Å². The van der Waals surface area contributed by atoms with E-state index in [2.05, 4.69) is 0 Å². The SMILES string of the molecule is CCN(C1=C(c2ccc([N+](=O)[O-])cc2)C(=O)N(c2cccc(F)c2)C1=O)c1ccccc1. The maximum Gasteiger partial charge on any atom is 0.282 e. The Hall–Kier alpha value is -4.33. The summed E-state index contributed by atoms with van der Waals surface area (Å²) < 4.78 is 13.9. The first kappa shape index (κ1) is 20.9. The summed E-state index contributed by atoms with van der Waals surface area (Å²) in [6, 6.07) is 19.8. The van der Waals surface area contributed by atoms with E-state index in [1.54, 1.807) is 4.90 Å². The highest BCUT2D eigenvalue weighted by Gasteiger charge is 2.42. The van der Waals surface area contributed by atoms with Gasteiger partial charge in [0.1, 0.15) is 11.5 Å². The van der Waals surface area contributed by atoms with Crippen molar-refractivity contribution >= 4 is 34.4 Å². The first-order chi connectivity index (χ1) is 15.4. The lowest BCUT2D eigenvalue weighted by atomic mass is 10.0. The number of benzene rings is 3. The number of likely N-dealkylation sites (N-methyl/N-ethyl adjacent to an activating group) is 1. The molecule has 1 heterocycles. The summed E-state index contributed by atoms with van der Waals surface area (Å²) in [6.07, 6.45) is 0. The zero-order valence-electron chi connectivity index (χ0n) is 17.1. The van der Waals surface area contributed by atoms with Gasteiger partial charge in [-0.25, -0.2) is 9.29 Å². The minimum absolute atomic E-state index is 0.0971. The topological polar surface area (TPSA) is 83.8 Å². The Bertz CT molecular complexity index is 1240. The maximum atomic E-state index is 13.9. The van der Waals surface area contributed by atoms with Crippen LogP contribution in [0.25, 0.3) is 5.57 Å². The predicted octanol–water partition coefficient (Wildman–Crippen LogP) is 4.54. The van der Waals surface area contributed by atoms with Gasteiger partial charge in [-0.05, 0) is 55.0 Å². The van der Waals surface area contributed by atoms with E-state index in [9.17, 15) is 24.1 Å². The molecule has 0 N–H and O–H groups in total. The molecule has 8 heteroatoms. The van der Waals surface area contributed by atoms with Crippen LogP contribution in [0.5, 0.6) is 0 Å². The van der Waals surface area contributed by atoms with Crippen molar-refractivity contribution in [2.75, 3.05) is 16.3 Å². The number of hydrogen-bond acceptors (Lipinski definition) is 5. The smallest absolute Gasteiger partial charge is 0.282 e. The van der Waals surface area contributed by atoms with E-state index in [0.29, 0.717) is 17.8 Å². The van der Waals surface area contributed by atoms with Gasteiger partial charge < -0.3 is 4.90 Å². The van der Waals surface area contributed by atoms with E-state index >= 15 is 0 Å². The molecule has 0 aromatic heterocycles. The summed E-state index contributed by atoms with van der Waals surface area (Å²) in [5, 5.41) is 11.0. The highest BCUT2D eigenvalue weighted by molar-refractivity contribution is 6.46. The molecule has 4 rings (SSSR count). The predicted molar refractivity (Wildman–Crippen MR) is 118 cm³/mol. The van der Waals surface area contributed by atoms with Crippen LogP contribution in [-0.4, -0.2) is 23.3 Å². The standard InChI is InChI=1S/C24H18FN3O4/c1-2-26(18-8-4-3-5-9-18)22-21(16-11-13-19(14-12-16)28(31)32)23(29)27(24(22)30)20-10-6-7-17(25)15-20/h3-15H,2H2,1H3. The summed E-state index contributed by atoms with van der Waals surface area (Å²) in [5.41, 5.74) is 1.26. The Morgan fingerprint density at radius 2 is 1.62 bits per heavy atom. The fraction of sp³-hybridized carbons (Fsp3) is 0.0833. The molecule has 7 nitrogen and oxygen atoms in total. The van der Waals surface area contributed by atoms with Crippen LogP contribution in [-0.2, 0) is 9.59 Å². The first-order valence-corrected chi connectivity index (χ1v) is 9.88. The van der Waals surface area contributed by atoms with Gasteiger partial charge in [0.2, 0.25) is 0 Å². The monoisotopic (exact) mass is 431 g/mol. The number of imide groups is 1. The van der Waals surface area contributed by atoms with Gasteiger partial charge in [0.15, 0.2) is 0 Å². The van der Waals surface area contributed by atoms with Crippen molar-refractivity contribution < 1.29 is 18.9 Å². The molecule has 0 radical (unpaired) electrons. The molecule has 32 heavy (non-hydrogen) atoms. The maximum absolute atomic E-state index is 13.9. The number of nitro groups is 1. The fourth-order valence-corrected chi connectivity index (χ4v) is 3.71. The minimum Gasteiger partial charge on any atom is -0.337 e. The number of halogens is 1. The second-order valence-electron chi connectivity index (χ2n) is 7.03. The second-order valence-corrected chi connectivity index (χ2v) is 7.03. The fourth-order valence-electron chi connectivity index (χ4n) is 3.71. The molecular formula is C24H18FN3O4. The Balaban J connectivity index is 1.90. The molecule has 1 aliphatic rings. The van der Waals surface area contributed by atoms with Gasteiger partial charge in [0.25, 0.3) is 17.5 Å². The van der Waals surface area contributed by atoms with Crippen molar-refractivity contribution in [1.29, 1.82) is 0 Å². The lowest BCUT2D eigenvalue weighted by Crippen LogP contribution is -2.35. The molecule has 1 aliphatic heterocycles. The van der Waals surface area contributed by atoms with Gasteiger partial charge in [-0.1, -0.05) is 24.3 Å². The number of carbonyl (C=O) groups is 2. The van der Waals surface area contributed by atoms with Crippen molar-refractivity contribution in [2.45, 2.75) is 6.92 Å². The molecule has 0 bridgehead atoms. The molecule has 160 valence electrons. The van der Waals surface area contributed by atoms with Crippen LogP contribution in [0.1, 0.15) is 12.5 Å². The van der Waals surface area contributed by atoms with Crippen LogP contribution in [0.2, 0.25) is 0 Å². The van der Waals surface area contributed by atoms with Crippen molar-refractivity contribution in [3.05, 3.63) is 106 Å².